The highest BCUT2D eigenvalue weighted by molar-refractivity contribution is 7.99. The van der Waals surface area contributed by atoms with Gasteiger partial charge in [-0.1, -0.05) is 55.4 Å². The number of rotatable bonds is 9. The van der Waals surface area contributed by atoms with E-state index < -0.39 is 0 Å². The van der Waals surface area contributed by atoms with Crippen LogP contribution in [-0.4, -0.2) is 34.0 Å². The zero-order valence-corrected chi connectivity index (χ0v) is 16.8. The molecule has 2 N–H and O–H groups in total. The number of ether oxygens (including phenoxy) is 1. The van der Waals surface area contributed by atoms with Gasteiger partial charge in [0.25, 0.3) is 0 Å². The highest BCUT2D eigenvalue weighted by atomic mass is 32.2. The number of hydrogen-bond acceptors (Lipinski definition) is 5. The number of hydrogen-bond donors (Lipinski definition) is 2. The molecule has 1 atom stereocenters. The smallest absolute Gasteiger partial charge is 0.230 e. The minimum Gasteiger partial charge on any atom is -0.497 e. The van der Waals surface area contributed by atoms with Crippen LogP contribution in [0.1, 0.15) is 31.4 Å². The normalized spacial score (nSPS) is 11.8. The molecule has 1 unspecified atom stereocenters. The fraction of sp³-hybridized carbons (Fsp3) is 0.286. The van der Waals surface area contributed by atoms with Crippen LogP contribution < -0.4 is 10.1 Å². The molecule has 3 aromatic rings. The molecule has 0 radical (unpaired) electrons. The number of carbonyl (C=O) groups is 1. The summed E-state index contributed by atoms with van der Waals surface area (Å²) >= 11 is 1.32. The van der Waals surface area contributed by atoms with E-state index in [0.29, 0.717) is 11.0 Å². The summed E-state index contributed by atoms with van der Waals surface area (Å²) in [6.45, 7) is 2.12. The third kappa shape index (κ3) is 5.36. The van der Waals surface area contributed by atoms with Gasteiger partial charge in [-0.05, 0) is 36.2 Å². The van der Waals surface area contributed by atoms with E-state index in [2.05, 4.69) is 27.4 Å². The van der Waals surface area contributed by atoms with E-state index in [9.17, 15) is 4.79 Å². The molecule has 2 aromatic carbocycles. The van der Waals surface area contributed by atoms with Gasteiger partial charge in [-0.25, -0.2) is 4.98 Å². The maximum absolute atomic E-state index is 12.4. The second kappa shape index (κ2) is 9.94. The number of methoxy groups -OCH3 is 1. The third-order valence-corrected chi connectivity index (χ3v) is 5.12. The Bertz CT molecular complexity index is 881. The van der Waals surface area contributed by atoms with Crippen molar-refractivity contribution in [3.8, 4) is 17.1 Å². The van der Waals surface area contributed by atoms with E-state index in [1.165, 1.54) is 11.8 Å². The van der Waals surface area contributed by atoms with E-state index in [1.807, 2.05) is 54.6 Å². The fourth-order valence-corrected chi connectivity index (χ4v) is 3.46. The topological polar surface area (TPSA) is 79.9 Å². The van der Waals surface area contributed by atoms with Crippen LogP contribution in [0.3, 0.4) is 0 Å². The Balaban J connectivity index is 1.56. The lowest BCUT2D eigenvalue weighted by Gasteiger charge is -2.18. The Hall–Kier alpha value is -2.80. The summed E-state index contributed by atoms with van der Waals surface area (Å²) in [6.07, 6.45) is 1.90. The van der Waals surface area contributed by atoms with Crippen molar-refractivity contribution in [2.45, 2.75) is 31.0 Å². The van der Waals surface area contributed by atoms with Gasteiger partial charge < -0.3 is 10.1 Å². The number of nitrogens with one attached hydrogen (secondary N) is 2. The summed E-state index contributed by atoms with van der Waals surface area (Å²) in [5, 5.41) is 10.8. The van der Waals surface area contributed by atoms with Gasteiger partial charge in [0.05, 0.1) is 18.9 Å². The van der Waals surface area contributed by atoms with Crippen molar-refractivity contribution in [1.82, 2.24) is 20.5 Å². The molecule has 0 fully saturated rings. The average molecular weight is 397 g/mol. The molecule has 28 heavy (non-hydrogen) atoms. The molecule has 0 saturated carbocycles. The quantitative estimate of drug-likeness (QED) is 0.529. The number of carbonyl (C=O) groups excluding carboxylic acids is 1. The zero-order valence-electron chi connectivity index (χ0n) is 16.0. The first kappa shape index (κ1) is 19.9. The number of aromatic amines is 1. The second-order valence-electron chi connectivity index (χ2n) is 6.30. The number of benzene rings is 2. The summed E-state index contributed by atoms with van der Waals surface area (Å²) in [5.74, 6) is 1.70. The van der Waals surface area contributed by atoms with Gasteiger partial charge in [-0.3, -0.25) is 9.89 Å². The Morgan fingerprint density at radius 2 is 1.93 bits per heavy atom. The van der Waals surface area contributed by atoms with Crippen molar-refractivity contribution in [2.24, 2.45) is 0 Å². The minimum absolute atomic E-state index is 0.0249. The van der Waals surface area contributed by atoms with Gasteiger partial charge in [0.1, 0.15) is 5.75 Å². The molecule has 6 nitrogen and oxygen atoms in total. The molecule has 0 saturated heterocycles. The summed E-state index contributed by atoms with van der Waals surface area (Å²) < 4.78 is 5.16. The predicted octanol–water partition coefficient (Wildman–Crippen LogP) is 4.23. The van der Waals surface area contributed by atoms with E-state index in [1.54, 1.807) is 7.11 Å². The molecule has 1 amide bonds. The lowest BCUT2D eigenvalue weighted by Crippen LogP contribution is -2.29. The maximum Gasteiger partial charge on any atom is 0.230 e. The molecule has 0 spiro atoms. The van der Waals surface area contributed by atoms with Crippen molar-refractivity contribution in [1.29, 1.82) is 0 Å². The van der Waals surface area contributed by atoms with Gasteiger partial charge in [0.2, 0.25) is 11.1 Å². The minimum atomic E-state index is -0.0249. The average Bonchev–Trinajstić information content (AvgIpc) is 3.22. The van der Waals surface area contributed by atoms with E-state index in [0.717, 1.165) is 29.7 Å². The van der Waals surface area contributed by atoms with E-state index in [4.69, 9.17) is 4.74 Å². The summed E-state index contributed by atoms with van der Waals surface area (Å²) in [7, 11) is 1.63. The van der Waals surface area contributed by atoms with E-state index >= 15 is 0 Å². The largest absolute Gasteiger partial charge is 0.497 e. The zero-order chi connectivity index (χ0) is 19.8. The molecular formula is C21H24N4O2S. The fourth-order valence-electron chi connectivity index (χ4n) is 2.85. The van der Waals surface area contributed by atoms with Crippen LogP contribution in [-0.2, 0) is 4.79 Å². The van der Waals surface area contributed by atoms with Crippen LogP contribution in [0.4, 0.5) is 0 Å². The van der Waals surface area contributed by atoms with Gasteiger partial charge >= 0.3 is 0 Å². The molecule has 7 heteroatoms. The van der Waals surface area contributed by atoms with Crippen LogP contribution in [0, 0.1) is 0 Å². The molecule has 146 valence electrons. The van der Waals surface area contributed by atoms with Crippen molar-refractivity contribution in [2.75, 3.05) is 12.9 Å². The molecular weight excluding hydrogens is 372 g/mol. The third-order valence-electron chi connectivity index (χ3n) is 4.28. The second-order valence-corrected chi connectivity index (χ2v) is 7.25. The Labute approximate surface area is 169 Å². The SMILES string of the molecule is CCCC(NC(=O)CSc1n[nH]c(-c2ccc(OC)cc2)n1)c1ccccc1. The molecule has 0 aliphatic heterocycles. The number of nitrogens with zero attached hydrogens (tertiary/aromatic N) is 2. The van der Waals surface area contributed by atoms with Crippen molar-refractivity contribution in [3.05, 3.63) is 60.2 Å². The van der Waals surface area contributed by atoms with Crippen molar-refractivity contribution >= 4 is 17.7 Å². The summed E-state index contributed by atoms with van der Waals surface area (Å²) in [6, 6.07) is 17.7. The molecule has 0 bridgehead atoms. The number of H-pyrrole nitrogens is 1. The first-order valence-electron chi connectivity index (χ1n) is 9.23. The highest BCUT2D eigenvalue weighted by Gasteiger charge is 2.15. The van der Waals surface area contributed by atoms with Gasteiger partial charge in [-0.2, -0.15) is 0 Å². The van der Waals surface area contributed by atoms with Crippen LogP contribution in [0.15, 0.2) is 59.8 Å². The van der Waals surface area contributed by atoms with Crippen LogP contribution in [0.2, 0.25) is 0 Å². The van der Waals surface area contributed by atoms with E-state index in [-0.39, 0.29) is 17.7 Å². The number of thioether (sulfide) groups is 1. The predicted molar refractivity (Wildman–Crippen MR) is 111 cm³/mol. The van der Waals surface area contributed by atoms with Gasteiger partial charge in [-0.15, -0.1) is 5.10 Å². The molecule has 0 aliphatic rings. The molecule has 3 rings (SSSR count). The first-order chi connectivity index (χ1) is 13.7. The van der Waals surface area contributed by atoms with Gasteiger partial charge in [0.15, 0.2) is 5.82 Å². The monoisotopic (exact) mass is 396 g/mol. The number of aromatic nitrogens is 3. The van der Waals surface area contributed by atoms with Crippen molar-refractivity contribution < 1.29 is 9.53 Å². The summed E-state index contributed by atoms with van der Waals surface area (Å²) in [5.41, 5.74) is 2.04. The van der Waals surface area contributed by atoms with Crippen LogP contribution >= 0.6 is 11.8 Å². The lowest BCUT2D eigenvalue weighted by molar-refractivity contribution is -0.119. The Morgan fingerprint density at radius 1 is 1.18 bits per heavy atom. The lowest BCUT2D eigenvalue weighted by atomic mass is 10.0. The summed E-state index contributed by atoms with van der Waals surface area (Å²) in [4.78, 5) is 16.9. The maximum atomic E-state index is 12.4. The van der Waals surface area contributed by atoms with Crippen LogP contribution in [0.25, 0.3) is 11.4 Å². The standard InChI is InChI=1S/C21H24N4O2S/c1-3-7-18(15-8-5-4-6-9-15)22-19(26)14-28-21-23-20(24-25-21)16-10-12-17(27-2)13-11-16/h4-6,8-13,18H,3,7,14H2,1-2H3,(H,22,26)(H,23,24,25). The first-order valence-corrected chi connectivity index (χ1v) is 10.2. The molecule has 1 aromatic heterocycles. The van der Waals surface area contributed by atoms with Gasteiger partial charge in [0, 0.05) is 5.56 Å². The van der Waals surface area contributed by atoms with Crippen LogP contribution in [0.5, 0.6) is 5.75 Å². The molecule has 1 heterocycles. The molecule has 0 aliphatic carbocycles. The number of amides is 1. The van der Waals surface area contributed by atoms with Crippen molar-refractivity contribution in [3.63, 3.8) is 0 Å². The Morgan fingerprint density at radius 3 is 2.61 bits per heavy atom. The highest BCUT2D eigenvalue weighted by Crippen LogP contribution is 2.22. The Kier molecular flexibility index (Phi) is 7.08.